The van der Waals surface area contributed by atoms with E-state index in [9.17, 15) is 14.7 Å². The second kappa shape index (κ2) is 13.3. The number of thioether (sulfide) groups is 1. The zero-order valence-electron chi connectivity index (χ0n) is 21.6. The van der Waals surface area contributed by atoms with Crippen LogP contribution in [0.5, 0.6) is 5.75 Å². The van der Waals surface area contributed by atoms with Crippen LogP contribution in [0.15, 0.2) is 76.3 Å². The maximum Gasteiger partial charge on any atom is 0.333 e. The molecular weight excluding hydrogens is 504 g/mol. The van der Waals surface area contributed by atoms with Crippen LogP contribution < -0.4 is 9.64 Å². The van der Waals surface area contributed by atoms with Crippen molar-refractivity contribution in [2.45, 2.75) is 37.2 Å². The number of fused-ring (bicyclic) bond motifs is 1. The van der Waals surface area contributed by atoms with Crippen molar-refractivity contribution in [2.75, 3.05) is 37.5 Å². The quantitative estimate of drug-likeness (QED) is 0.394. The summed E-state index contributed by atoms with van der Waals surface area (Å²) in [5, 5.41) is 13.4. The topological polar surface area (TPSA) is 97.7 Å². The molecule has 8 nitrogen and oxygen atoms in total. The van der Waals surface area contributed by atoms with Crippen LogP contribution in [0.4, 0.5) is 5.69 Å². The third kappa shape index (κ3) is 7.05. The first-order valence-corrected chi connectivity index (χ1v) is 13.6. The van der Waals surface area contributed by atoms with E-state index in [1.807, 2.05) is 36.4 Å². The van der Waals surface area contributed by atoms with Crippen LogP contribution in [0.1, 0.15) is 24.5 Å². The minimum atomic E-state index is -0.975. The van der Waals surface area contributed by atoms with Crippen molar-refractivity contribution in [2.24, 2.45) is 5.16 Å². The lowest BCUT2D eigenvalue weighted by Gasteiger charge is -2.29. The number of carboxylic acid groups (broad SMARTS) is 1. The van der Waals surface area contributed by atoms with Crippen molar-refractivity contribution in [3.05, 3.63) is 77.4 Å². The first kappa shape index (κ1) is 27.5. The van der Waals surface area contributed by atoms with Crippen molar-refractivity contribution < 1.29 is 29.0 Å². The molecule has 0 saturated heterocycles. The van der Waals surface area contributed by atoms with E-state index in [1.165, 1.54) is 0 Å². The Hall–Kier alpha value is -3.56. The predicted octanol–water partition coefficient (Wildman–Crippen LogP) is 4.67. The number of carbonyl (C=O) groups is 2. The molecule has 200 valence electrons. The average molecular weight is 537 g/mol. The van der Waals surface area contributed by atoms with E-state index in [4.69, 9.17) is 14.3 Å². The summed E-state index contributed by atoms with van der Waals surface area (Å²) in [6.45, 7) is 2.89. The molecule has 1 aliphatic heterocycles. The first-order chi connectivity index (χ1) is 18.5. The van der Waals surface area contributed by atoms with Gasteiger partial charge in [0.05, 0.1) is 23.7 Å². The minimum Gasteiger partial charge on any atom is -0.492 e. The van der Waals surface area contributed by atoms with Crippen LogP contribution in [0, 0.1) is 0 Å². The molecule has 9 heteroatoms. The monoisotopic (exact) mass is 536 g/mol. The highest BCUT2D eigenvalue weighted by atomic mass is 32.2. The Balaban J connectivity index is 1.36. The third-order valence-corrected chi connectivity index (χ3v) is 7.28. The van der Waals surface area contributed by atoms with E-state index < -0.39 is 12.1 Å². The smallest absolute Gasteiger partial charge is 0.333 e. The van der Waals surface area contributed by atoms with Gasteiger partial charge in [-0.05, 0) is 54.3 Å². The summed E-state index contributed by atoms with van der Waals surface area (Å²) < 4.78 is 11.2. The second-order valence-corrected chi connectivity index (χ2v) is 9.85. The van der Waals surface area contributed by atoms with Crippen molar-refractivity contribution in [3.8, 4) is 5.75 Å². The number of carbonyl (C=O) groups excluding carboxylic acids is 1. The van der Waals surface area contributed by atoms with Gasteiger partial charge in [0, 0.05) is 24.3 Å². The number of amides is 1. The summed E-state index contributed by atoms with van der Waals surface area (Å²) >= 11 is 1.56. The fourth-order valence-corrected chi connectivity index (χ4v) is 5.39. The number of hydrogen-bond donors (Lipinski definition) is 1. The van der Waals surface area contributed by atoms with Gasteiger partial charge in [-0.2, -0.15) is 0 Å². The number of oxime groups is 1. The fraction of sp³-hybridized carbons (Fsp3) is 0.345. The van der Waals surface area contributed by atoms with Crippen LogP contribution in [0.2, 0.25) is 0 Å². The molecule has 0 radical (unpaired) electrons. The molecule has 2 aliphatic rings. The summed E-state index contributed by atoms with van der Waals surface area (Å²) in [6.07, 6.45) is 7.08. The van der Waals surface area contributed by atoms with Crippen LogP contribution in [-0.2, 0) is 32.0 Å². The SMILES string of the molecule is CCOC(Cc1ccc(OCCN2C(=O)CSc3cc(CC4=CC=CCC4=NOC)ccc32)cc1)C(=O)O. The highest BCUT2D eigenvalue weighted by Crippen LogP contribution is 2.36. The molecule has 1 amide bonds. The summed E-state index contributed by atoms with van der Waals surface area (Å²) in [6, 6.07) is 13.5. The van der Waals surface area contributed by atoms with Gasteiger partial charge in [-0.15, -0.1) is 11.8 Å². The number of hydrogen-bond acceptors (Lipinski definition) is 7. The number of allylic oxidation sites excluding steroid dienone is 4. The van der Waals surface area contributed by atoms with Crippen molar-refractivity contribution in [3.63, 3.8) is 0 Å². The van der Waals surface area contributed by atoms with Gasteiger partial charge in [-0.3, -0.25) is 4.79 Å². The van der Waals surface area contributed by atoms with Gasteiger partial charge < -0.3 is 24.3 Å². The zero-order valence-corrected chi connectivity index (χ0v) is 22.4. The van der Waals surface area contributed by atoms with Crippen molar-refractivity contribution in [1.82, 2.24) is 0 Å². The Morgan fingerprint density at radius 3 is 2.71 bits per heavy atom. The van der Waals surface area contributed by atoms with Gasteiger partial charge in [0.15, 0.2) is 6.10 Å². The summed E-state index contributed by atoms with van der Waals surface area (Å²) in [5.41, 5.74) is 4.96. The molecule has 1 aliphatic carbocycles. The molecular formula is C29H32N2O6S. The highest BCUT2D eigenvalue weighted by molar-refractivity contribution is 8.00. The van der Waals surface area contributed by atoms with Crippen LogP contribution in [0.3, 0.4) is 0 Å². The molecule has 1 unspecified atom stereocenters. The number of carboxylic acids is 1. The zero-order chi connectivity index (χ0) is 26.9. The van der Waals surface area contributed by atoms with Crippen LogP contribution >= 0.6 is 11.8 Å². The predicted molar refractivity (Wildman–Crippen MR) is 148 cm³/mol. The number of rotatable bonds is 12. The van der Waals surface area contributed by atoms with Crippen LogP contribution in [-0.4, -0.2) is 61.4 Å². The summed E-state index contributed by atoms with van der Waals surface area (Å²) in [7, 11) is 1.56. The molecule has 4 rings (SSSR count). The Labute approximate surface area is 226 Å². The largest absolute Gasteiger partial charge is 0.492 e. The number of anilines is 1. The Morgan fingerprint density at radius 1 is 1.18 bits per heavy atom. The minimum absolute atomic E-state index is 0.0551. The van der Waals surface area contributed by atoms with E-state index in [-0.39, 0.29) is 12.3 Å². The molecule has 38 heavy (non-hydrogen) atoms. The molecule has 2 aromatic carbocycles. The van der Waals surface area contributed by atoms with Crippen molar-refractivity contribution in [1.29, 1.82) is 0 Å². The summed E-state index contributed by atoms with van der Waals surface area (Å²) in [5.74, 6) is 0.128. The van der Waals surface area contributed by atoms with E-state index >= 15 is 0 Å². The summed E-state index contributed by atoms with van der Waals surface area (Å²) in [4.78, 5) is 31.9. The number of aliphatic carboxylic acids is 1. The normalized spacial score (nSPS) is 16.7. The lowest BCUT2D eigenvalue weighted by Crippen LogP contribution is -2.38. The van der Waals surface area contributed by atoms with Crippen molar-refractivity contribution >= 4 is 35.0 Å². The van der Waals surface area contributed by atoms with Gasteiger partial charge in [-0.25, -0.2) is 4.79 Å². The number of ether oxygens (including phenoxy) is 2. The van der Waals surface area contributed by atoms with E-state index in [1.54, 1.807) is 30.7 Å². The maximum absolute atomic E-state index is 12.7. The lowest BCUT2D eigenvalue weighted by atomic mass is 9.95. The number of benzene rings is 2. The van der Waals surface area contributed by atoms with Gasteiger partial charge in [0.25, 0.3) is 0 Å². The molecule has 0 bridgehead atoms. The second-order valence-electron chi connectivity index (χ2n) is 8.84. The Kier molecular flexibility index (Phi) is 9.62. The molecule has 0 fully saturated rings. The van der Waals surface area contributed by atoms with E-state index in [0.717, 1.165) is 45.8 Å². The van der Waals surface area contributed by atoms with Gasteiger partial charge in [0.2, 0.25) is 5.91 Å². The van der Waals surface area contributed by atoms with Crippen LogP contribution in [0.25, 0.3) is 0 Å². The molecule has 0 aromatic heterocycles. The third-order valence-electron chi connectivity index (χ3n) is 6.25. The fourth-order valence-electron chi connectivity index (χ4n) is 4.39. The highest BCUT2D eigenvalue weighted by Gasteiger charge is 2.25. The molecule has 1 N–H and O–H groups in total. The molecule has 1 atom stereocenters. The van der Waals surface area contributed by atoms with E-state index in [0.29, 0.717) is 31.3 Å². The molecule has 1 heterocycles. The Bertz CT molecular complexity index is 1240. The molecule has 0 spiro atoms. The number of nitrogens with zero attached hydrogens (tertiary/aromatic N) is 2. The Morgan fingerprint density at radius 2 is 1.97 bits per heavy atom. The van der Waals surface area contributed by atoms with Gasteiger partial charge in [0.1, 0.15) is 19.5 Å². The van der Waals surface area contributed by atoms with E-state index in [2.05, 4.69) is 29.4 Å². The van der Waals surface area contributed by atoms with Gasteiger partial charge in [-0.1, -0.05) is 41.6 Å². The lowest BCUT2D eigenvalue weighted by molar-refractivity contribution is -0.149. The average Bonchev–Trinajstić information content (AvgIpc) is 2.92. The molecule has 2 aromatic rings. The first-order valence-electron chi connectivity index (χ1n) is 12.6. The standard InChI is InChI=1S/C29H32N2O6S/c1-3-36-26(29(33)34)17-20-8-11-23(12-9-20)37-15-14-31-25-13-10-21(18-27(25)38-19-28(31)32)16-22-6-4-5-7-24(22)30-35-2/h4-6,8-13,18,26H,3,7,14-17,19H2,1-2H3,(H,33,34). The van der Waals surface area contributed by atoms with Gasteiger partial charge >= 0.3 is 5.97 Å². The molecule has 0 saturated carbocycles. The maximum atomic E-state index is 12.7.